The van der Waals surface area contributed by atoms with Crippen LogP contribution in [0.5, 0.6) is 0 Å². The molecule has 1 rings (SSSR count). The molecule has 80 valence electrons. The zero-order valence-corrected chi connectivity index (χ0v) is 9.63. The maximum atomic E-state index is 4.43. The van der Waals surface area contributed by atoms with Crippen LogP contribution < -0.4 is 5.32 Å². The fourth-order valence-electron chi connectivity index (χ4n) is 1.32. The largest absolute Gasteiger partial charge is 0.305 e. The smallest absolute Gasteiger partial charge is 0.153 e. The summed E-state index contributed by atoms with van der Waals surface area (Å²) in [6.45, 7) is 10.5. The number of aromatic nitrogens is 3. The van der Waals surface area contributed by atoms with E-state index < -0.39 is 0 Å². The number of aromatic amines is 1. The Balaban J connectivity index is 2.66. The Kier molecular flexibility index (Phi) is 3.63. The molecule has 0 aromatic carbocycles. The van der Waals surface area contributed by atoms with Crippen LogP contribution in [0.1, 0.15) is 58.2 Å². The molecular formula is C10H20N4. The first-order chi connectivity index (χ1) is 6.50. The van der Waals surface area contributed by atoms with Crippen LogP contribution in [0.4, 0.5) is 0 Å². The minimum atomic E-state index is 0.231. The van der Waals surface area contributed by atoms with Crippen molar-refractivity contribution in [3.63, 3.8) is 0 Å². The molecule has 0 radical (unpaired) electrons. The average molecular weight is 196 g/mol. The Morgan fingerprint density at radius 2 is 1.79 bits per heavy atom. The summed E-state index contributed by atoms with van der Waals surface area (Å²) < 4.78 is 0. The zero-order valence-electron chi connectivity index (χ0n) is 9.63. The number of hydrogen-bond donors (Lipinski definition) is 2. The van der Waals surface area contributed by atoms with Crippen LogP contribution in [0.3, 0.4) is 0 Å². The second-order valence-electron chi connectivity index (χ2n) is 4.28. The maximum absolute atomic E-state index is 4.43. The highest BCUT2D eigenvalue weighted by Crippen LogP contribution is 2.12. The average Bonchev–Trinajstić information content (AvgIpc) is 2.50. The Morgan fingerprint density at radius 1 is 1.14 bits per heavy atom. The lowest BCUT2D eigenvalue weighted by atomic mass is 10.2. The lowest BCUT2D eigenvalue weighted by Gasteiger charge is -2.13. The van der Waals surface area contributed by atoms with Gasteiger partial charge in [0.15, 0.2) is 5.82 Å². The second-order valence-corrected chi connectivity index (χ2v) is 4.28. The highest BCUT2D eigenvalue weighted by molar-refractivity contribution is 4.98. The van der Waals surface area contributed by atoms with Gasteiger partial charge in [-0.25, -0.2) is 4.98 Å². The van der Waals surface area contributed by atoms with Crippen LogP contribution in [0.2, 0.25) is 0 Å². The van der Waals surface area contributed by atoms with Crippen molar-refractivity contribution in [1.29, 1.82) is 0 Å². The molecule has 0 amide bonds. The van der Waals surface area contributed by atoms with Gasteiger partial charge in [-0.1, -0.05) is 27.7 Å². The molecule has 0 saturated carbocycles. The first-order valence-electron chi connectivity index (χ1n) is 5.19. The van der Waals surface area contributed by atoms with E-state index in [2.05, 4.69) is 55.1 Å². The third kappa shape index (κ3) is 2.80. The van der Waals surface area contributed by atoms with Crippen LogP contribution in [-0.2, 0) is 0 Å². The quantitative estimate of drug-likeness (QED) is 0.774. The van der Waals surface area contributed by atoms with Crippen LogP contribution in [0, 0.1) is 0 Å². The van der Waals surface area contributed by atoms with Crippen LogP contribution in [0.25, 0.3) is 0 Å². The first kappa shape index (κ1) is 11.2. The van der Waals surface area contributed by atoms with Crippen LogP contribution in [0.15, 0.2) is 0 Å². The van der Waals surface area contributed by atoms with E-state index in [9.17, 15) is 0 Å². The summed E-state index contributed by atoms with van der Waals surface area (Å²) in [5.74, 6) is 2.19. The molecule has 1 atom stereocenters. The van der Waals surface area contributed by atoms with E-state index in [1.165, 1.54) is 0 Å². The summed E-state index contributed by atoms with van der Waals surface area (Å²) in [4.78, 5) is 4.43. The predicted molar refractivity (Wildman–Crippen MR) is 57.2 cm³/mol. The van der Waals surface area contributed by atoms with Crippen molar-refractivity contribution in [2.24, 2.45) is 0 Å². The van der Waals surface area contributed by atoms with Crippen molar-refractivity contribution in [2.45, 2.75) is 52.6 Å². The fourth-order valence-corrected chi connectivity index (χ4v) is 1.32. The van der Waals surface area contributed by atoms with Crippen molar-refractivity contribution < 1.29 is 0 Å². The maximum Gasteiger partial charge on any atom is 0.153 e. The third-order valence-corrected chi connectivity index (χ3v) is 2.03. The lowest BCUT2D eigenvalue weighted by molar-refractivity contribution is 0.488. The number of hydrogen-bond acceptors (Lipinski definition) is 3. The van der Waals surface area contributed by atoms with Gasteiger partial charge >= 0.3 is 0 Å². The SMILES string of the molecule is CC(C)NC(C)c1nc(C(C)C)n[nH]1. The number of H-pyrrole nitrogens is 1. The summed E-state index contributed by atoms with van der Waals surface area (Å²) >= 11 is 0. The Morgan fingerprint density at radius 3 is 2.21 bits per heavy atom. The molecule has 4 nitrogen and oxygen atoms in total. The summed E-state index contributed by atoms with van der Waals surface area (Å²) in [6, 6.07) is 0.688. The molecular weight excluding hydrogens is 176 g/mol. The van der Waals surface area contributed by atoms with Gasteiger partial charge in [0, 0.05) is 12.0 Å². The molecule has 0 aliphatic carbocycles. The van der Waals surface area contributed by atoms with Gasteiger partial charge < -0.3 is 5.32 Å². The highest BCUT2D eigenvalue weighted by atomic mass is 15.2. The number of nitrogens with one attached hydrogen (secondary N) is 2. The minimum absolute atomic E-state index is 0.231. The van der Waals surface area contributed by atoms with Gasteiger partial charge in [0.05, 0.1) is 6.04 Å². The summed E-state index contributed by atoms with van der Waals surface area (Å²) in [6.07, 6.45) is 0. The van der Waals surface area contributed by atoms with E-state index in [0.717, 1.165) is 11.6 Å². The van der Waals surface area contributed by atoms with E-state index in [1.54, 1.807) is 0 Å². The standard InChI is InChI=1S/C10H20N4/c1-6(2)9-12-10(14-13-9)8(5)11-7(3)4/h6-8,11H,1-5H3,(H,12,13,14). The Bertz CT molecular complexity index is 277. The lowest BCUT2D eigenvalue weighted by Crippen LogP contribution is -2.26. The molecule has 0 fully saturated rings. The molecule has 4 heteroatoms. The van der Waals surface area contributed by atoms with Gasteiger partial charge in [-0.2, -0.15) is 5.10 Å². The topological polar surface area (TPSA) is 53.6 Å². The van der Waals surface area contributed by atoms with Gasteiger partial charge in [0.25, 0.3) is 0 Å². The van der Waals surface area contributed by atoms with E-state index in [4.69, 9.17) is 0 Å². The molecule has 14 heavy (non-hydrogen) atoms. The van der Waals surface area contributed by atoms with E-state index in [0.29, 0.717) is 12.0 Å². The van der Waals surface area contributed by atoms with Gasteiger partial charge in [-0.05, 0) is 6.92 Å². The first-order valence-corrected chi connectivity index (χ1v) is 5.19. The molecule has 0 aliphatic heterocycles. The second kappa shape index (κ2) is 4.55. The van der Waals surface area contributed by atoms with Crippen LogP contribution >= 0.6 is 0 Å². The Labute approximate surface area is 85.5 Å². The Hall–Kier alpha value is -0.900. The number of rotatable bonds is 4. The van der Waals surface area contributed by atoms with Crippen molar-refractivity contribution in [2.75, 3.05) is 0 Å². The molecule has 1 unspecified atom stereocenters. The fraction of sp³-hybridized carbons (Fsp3) is 0.800. The predicted octanol–water partition coefficient (Wildman–Crippen LogP) is 1.99. The monoisotopic (exact) mass is 196 g/mol. The summed E-state index contributed by atoms with van der Waals surface area (Å²) in [7, 11) is 0. The van der Waals surface area contributed by atoms with Gasteiger partial charge in [0.2, 0.25) is 0 Å². The van der Waals surface area contributed by atoms with Crippen molar-refractivity contribution in [1.82, 2.24) is 20.5 Å². The summed E-state index contributed by atoms with van der Waals surface area (Å²) in [5, 5.41) is 10.5. The molecule has 0 saturated heterocycles. The normalized spacial score (nSPS) is 13.9. The van der Waals surface area contributed by atoms with Gasteiger partial charge in [-0.3, -0.25) is 5.10 Å². The molecule has 0 bridgehead atoms. The van der Waals surface area contributed by atoms with Gasteiger partial charge in [-0.15, -0.1) is 0 Å². The van der Waals surface area contributed by atoms with E-state index in [-0.39, 0.29) is 6.04 Å². The van der Waals surface area contributed by atoms with Gasteiger partial charge in [0.1, 0.15) is 5.82 Å². The molecule has 0 spiro atoms. The van der Waals surface area contributed by atoms with E-state index >= 15 is 0 Å². The van der Waals surface area contributed by atoms with Crippen molar-refractivity contribution in [3.05, 3.63) is 11.6 Å². The molecule has 1 aromatic heterocycles. The van der Waals surface area contributed by atoms with Crippen molar-refractivity contribution >= 4 is 0 Å². The molecule has 1 aromatic rings. The molecule has 0 aliphatic rings. The third-order valence-electron chi connectivity index (χ3n) is 2.03. The molecule has 2 N–H and O–H groups in total. The van der Waals surface area contributed by atoms with E-state index in [1.807, 2.05) is 0 Å². The van der Waals surface area contributed by atoms with Crippen LogP contribution in [-0.4, -0.2) is 21.2 Å². The highest BCUT2D eigenvalue weighted by Gasteiger charge is 2.12. The zero-order chi connectivity index (χ0) is 10.7. The van der Waals surface area contributed by atoms with Crippen molar-refractivity contribution in [3.8, 4) is 0 Å². The minimum Gasteiger partial charge on any atom is -0.305 e. The number of nitrogens with zero attached hydrogens (tertiary/aromatic N) is 2. The summed E-state index contributed by atoms with van der Waals surface area (Å²) in [5.41, 5.74) is 0. The molecule has 1 heterocycles.